The van der Waals surface area contributed by atoms with Gasteiger partial charge in [-0.3, -0.25) is 4.79 Å². The van der Waals surface area contributed by atoms with Gasteiger partial charge in [0, 0.05) is 9.50 Å². The molecule has 20 heavy (non-hydrogen) atoms. The Morgan fingerprint density at radius 2 is 1.95 bits per heavy atom. The molecule has 2 rings (SSSR count). The maximum Gasteiger partial charge on any atom is 0.256 e. The number of benzene rings is 2. The van der Waals surface area contributed by atoms with Crippen molar-refractivity contribution in [2.45, 2.75) is 0 Å². The van der Waals surface area contributed by atoms with Crippen LogP contribution in [0, 0.1) is 0 Å². The van der Waals surface area contributed by atoms with Crippen LogP contribution in [0.3, 0.4) is 0 Å². The second-order valence-corrected chi connectivity index (χ2v) is 5.62. The van der Waals surface area contributed by atoms with Crippen LogP contribution >= 0.6 is 39.1 Å². The van der Waals surface area contributed by atoms with Crippen molar-refractivity contribution >= 4 is 50.7 Å². The molecular formula is C14H10BrCl2NO2. The standard InChI is InChI=1S/C14H10BrCl2NO2/c1-20-9-3-4-11(15)10(7-9)14(19)18-13-6-8(16)2-5-12(13)17/h2-7H,1H3,(H,18,19). The van der Waals surface area contributed by atoms with E-state index in [1.165, 1.54) is 0 Å². The lowest BCUT2D eigenvalue weighted by molar-refractivity contribution is 0.102. The van der Waals surface area contributed by atoms with Gasteiger partial charge in [0.1, 0.15) is 5.75 Å². The lowest BCUT2D eigenvalue weighted by Gasteiger charge is -2.10. The van der Waals surface area contributed by atoms with Crippen molar-refractivity contribution in [3.05, 3.63) is 56.5 Å². The van der Waals surface area contributed by atoms with E-state index in [2.05, 4.69) is 21.2 Å². The minimum absolute atomic E-state index is 0.306. The molecule has 0 radical (unpaired) electrons. The summed E-state index contributed by atoms with van der Waals surface area (Å²) < 4.78 is 5.77. The zero-order chi connectivity index (χ0) is 14.7. The molecule has 0 aromatic heterocycles. The van der Waals surface area contributed by atoms with E-state index in [9.17, 15) is 4.79 Å². The molecule has 6 heteroatoms. The predicted octanol–water partition coefficient (Wildman–Crippen LogP) is 5.02. The van der Waals surface area contributed by atoms with Crippen molar-refractivity contribution in [3.8, 4) is 5.75 Å². The summed E-state index contributed by atoms with van der Waals surface area (Å²) >= 11 is 15.2. The number of methoxy groups -OCH3 is 1. The molecular weight excluding hydrogens is 365 g/mol. The molecule has 0 atom stereocenters. The lowest BCUT2D eigenvalue weighted by Crippen LogP contribution is -2.13. The average Bonchev–Trinajstić information content (AvgIpc) is 2.43. The second kappa shape index (κ2) is 6.48. The highest BCUT2D eigenvalue weighted by atomic mass is 79.9. The van der Waals surface area contributed by atoms with Gasteiger partial charge >= 0.3 is 0 Å². The molecule has 0 aliphatic carbocycles. The predicted molar refractivity (Wildman–Crippen MR) is 85.1 cm³/mol. The Morgan fingerprint density at radius 1 is 1.20 bits per heavy atom. The second-order valence-electron chi connectivity index (χ2n) is 3.92. The van der Waals surface area contributed by atoms with Crippen LogP contribution in [0.5, 0.6) is 5.75 Å². The molecule has 104 valence electrons. The number of ether oxygens (including phenoxy) is 1. The van der Waals surface area contributed by atoms with Crippen molar-refractivity contribution < 1.29 is 9.53 Å². The SMILES string of the molecule is COc1ccc(Br)c(C(=O)Nc2cc(Cl)ccc2Cl)c1. The molecule has 0 saturated carbocycles. The molecule has 0 fully saturated rings. The Balaban J connectivity index is 2.30. The number of hydrogen-bond acceptors (Lipinski definition) is 2. The highest BCUT2D eigenvalue weighted by Crippen LogP contribution is 2.28. The van der Waals surface area contributed by atoms with Gasteiger partial charge < -0.3 is 10.1 Å². The van der Waals surface area contributed by atoms with Gasteiger partial charge in [-0.2, -0.15) is 0 Å². The fourth-order valence-electron chi connectivity index (χ4n) is 1.59. The van der Waals surface area contributed by atoms with Crippen LogP contribution < -0.4 is 10.1 Å². The maximum atomic E-state index is 12.3. The molecule has 0 aliphatic heterocycles. The molecule has 3 nitrogen and oxygen atoms in total. The molecule has 0 aliphatic rings. The molecule has 0 spiro atoms. The quantitative estimate of drug-likeness (QED) is 0.819. The summed E-state index contributed by atoms with van der Waals surface area (Å²) in [6.45, 7) is 0. The van der Waals surface area contributed by atoms with E-state index in [-0.39, 0.29) is 5.91 Å². The molecule has 0 saturated heterocycles. The third-order valence-corrected chi connectivity index (χ3v) is 3.85. The summed E-state index contributed by atoms with van der Waals surface area (Å²) in [5.41, 5.74) is 0.902. The van der Waals surface area contributed by atoms with Crippen molar-refractivity contribution in [1.82, 2.24) is 0 Å². The summed E-state index contributed by atoms with van der Waals surface area (Å²) in [5.74, 6) is 0.287. The molecule has 2 aromatic rings. The zero-order valence-corrected chi connectivity index (χ0v) is 13.5. The molecule has 0 heterocycles. The highest BCUT2D eigenvalue weighted by molar-refractivity contribution is 9.10. The number of halogens is 3. The van der Waals surface area contributed by atoms with Crippen LogP contribution in [0.2, 0.25) is 10.0 Å². The summed E-state index contributed by atoms with van der Waals surface area (Å²) in [6, 6.07) is 10.0. The minimum atomic E-state index is -0.306. The van der Waals surface area contributed by atoms with Gasteiger partial charge in [-0.05, 0) is 52.3 Å². The lowest BCUT2D eigenvalue weighted by atomic mass is 10.2. The number of carbonyl (C=O) groups excluding carboxylic acids is 1. The van der Waals surface area contributed by atoms with Crippen LogP contribution in [0.15, 0.2) is 40.9 Å². The maximum absolute atomic E-state index is 12.3. The molecule has 1 N–H and O–H groups in total. The first-order chi connectivity index (χ1) is 9.51. The van der Waals surface area contributed by atoms with Crippen molar-refractivity contribution in [2.24, 2.45) is 0 Å². The normalized spacial score (nSPS) is 10.2. The van der Waals surface area contributed by atoms with Crippen LogP contribution in [0.1, 0.15) is 10.4 Å². The van der Waals surface area contributed by atoms with E-state index in [4.69, 9.17) is 27.9 Å². The topological polar surface area (TPSA) is 38.3 Å². The molecule has 0 unspecified atom stereocenters. The monoisotopic (exact) mass is 373 g/mol. The van der Waals surface area contributed by atoms with Gasteiger partial charge in [-0.1, -0.05) is 23.2 Å². The molecule has 2 aromatic carbocycles. The van der Waals surface area contributed by atoms with Crippen LogP contribution in [-0.2, 0) is 0 Å². The van der Waals surface area contributed by atoms with Crippen LogP contribution in [-0.4, -0.2) is 13.0 Å². The van der Waals surface area contributed by atoms with Crippen molar-refractivity contribution in [2.75, 3.05) is 12.4 Å². The smallest absolute Gasteiger partial charge is 0.256 e. The number of nitrogens with one attached hydrogen (secondary N) is 1. The number of rotatable bonds is 3. The first-order valence-corrected chi connectivity index (χ1v) is 7.16. The number of carbonyl (C=O) groups is 1. The van der Waals surface area contributed by atoms with E-state index < -0.39 is 0 Å². The number of anilines is 1. The van der Waals surface area contributed by atoms with E-state index in [0.29, 0.717) is 31.5 Å². The third kappa shape index (κ3) is 3.45. The van der Waals surface area contributed by atoms with Gasteiger partial charge in [0.25, 0.3) is 5.91 Å². The first-order valence-electron chi connectivity index (χ1n) is 5.61. The van der Waals surface area contributed by atoms with Gasteiger partial charge in [0.05, 0.1) is 23.4 Å². The summed E-state index contributed by atoms with van der Waals surface area (Å²) in [6.07, 6.45) is 0. The van der Waals surface area contributed by atoms with Crippen molar-refractivity contribution in [1.29, 1.82) is 0 Å². The van der Waals surface area contributed by atoms with E-state index in [1.807, 2.05) is 0 Å². The Hall–Kier alpha value is -1.23. The summed E-state index contributed by atoms with van der Waals surface area (Å²) in [5, 5.41) is 3.63. The Bertz CT molecular complexity index is 662. The largest absolute Gasteiger partial charge is 0.497 e. The Kier molecular flexibility index (Phi) is 4.91. The average molecular weight is 375 g/mol. The van der Waals surface area contributed by atoms with Crippen molar-refractivity contribution in [3.63, 3.8) is 0 Å². The van der Waals surface area contributed by atoms with Gasteiger partial charge in [0.15, 0.2) is 0 Å². The highest BCUT2D eigenvalue weighted by Gasteiger charge is 2.13. The minimum Gasteiger partial charge on any atom is -0.497 e. The zero-order valence-electron chi connectivity index (χ0n) is 10.4. The van der Waals surface area contributed by atoms with E-state index in [1.54, 1.807) is 43.5 Å². The number of amides is 1. The summed E-state index contributed by atoms with van der Waals surface area (Å²) in [4.78, 5) is 12.3. The third-order valence-electron chi connectivity index (χ3n) is 2.59. The summed E-state index contributed by atoms with van der Waals surface area (Å²) in [7, 11) is 1.54. The van der Waals surface area contributed by atoms with E-state index in [0.717, 1.165) is 0 Å². The number of hydrogen-bond donors (Lipinski definition) is 1. The molecule has 0 bridgehead atoms. The molecule has 1 amide bonds. The first kappa shape index (κ1) is 15.2. The fourth-order valence-corrected chi connectivity index (χ4v) is 2.35. The van der Waals surface area contributed by atoms with Crippen LogP contribution in [0.4, 0.5) is 5.69 Å². The van der Waals surface area contributed by atoms with Gasteiger partial charge in [0.2, 0.25) is 0 Å². The van der Waals surface area contributed by atoms with Gasteiger partial charge in [-0.25, -0.2) is 0 Å². The van der Waals surface area contributed by atoms with Gasteiger partial charge in [-0.15, -0.1) is 0 Å². The Labute approximate surface area is 135 Å². The van der Waals surface area contributed by atoms with Crippen LogP contribution in [0.25, 0.3) is 0 Å². The fraction of sp³-hybridized carbons (Fsp3) is 0.0714. The van der Waals surface area contributed by atoms with E-state index >= 15 is 0 Å². The Morgan fingerprint density at radius 3 is 2.65 bits per heavy atom.